The second kappa shape index (κ2) is 6.95. The highest BCUT2D eigenvalue weighted by Gasteiger charge is 2.09. The molecule has 2 rings (SSSR count). The molecule has 0 aliphatic heterocycles. The number of aryl methyl sites for hydroxylation is 1. The fraction of sp³-hybridized carbons (Fsp3) is 0.0588. The first kappa shape index (κ1) is 15.1. The molecule has 0 aliphatic rings. The molecule has 0 heterocycles. The lowest BCUT2D eigenvalue weighted by atomic mass is 10.2. The van der Waals surface area contributed by atoms with Gasteiger partial charge in [0.25, 0.3) is 5.91 Å². The fourth-order valence-electron chi connectivity index (χ4n) is 1.73. The van der Waals surface area contributed by atoms with Crippen molar-refractivity contribution in [2.75, 3.05) is 10.6 Å². The first-order valence-electron chi connectivity index (χ1n) is 6.63. The number of anilines is 2. The third kappa shape index (κ3) is 3.87. The van der Waals surface area contributed by atoms with E-state index in [0.29, 0.717) is 11.4 Å². The van der Waals surface area contributed by atoms with Crippen molar-refractivity contribution in [3.8, 4) is 11.8 Å². The number of hydrogen-bond donors (Lipinski definition) is 3. The summed E-state index contributed by atoms with van der Waals surface area (Å²) >= 11 is 0. The molecule has 3 N–H and O–H groups in total. The lowest BCUT2D eigenvalue weighted by Crippen LogP contribution is -2.14. The molecule has 5 nitrogen and oxygen atoms in total. The Morgan fingerprint density at radius 2 is 1.86 bits per heavy atom. The zero-order chi connectivity index (χ0) is 15.9. The molecule has 22 heavy (non-hydrogen) atoms. The molecule has 0 fully saturated rings. The number of nitrogens with one attached hydrogen (secondary N) is 2. The van der Waals surface area contributed by atoms with E-state index in [1.54, 1.807) is 30.3 Å². The molecule has 0 bridgehead atoms. The average molecular weight is 293 g/mol. The van der Waals surface area contributed by atoms with E-state index in [-0.39, 0.29) is 11.3 Å². The van der Waals surface area contributed by atoms with Crippen LogP contribution in [0.1, 0.15) is 5.56 Å². The molecule has 2 aromatic carbocycles. The number of rotatable bonds is 4. The van der Waals surface area contributed by atoms with E-state index in [2.05, 4.69) is 10.6 Å². The Morgan fingerprint density at radius 3 is 2.50 bits per heavy atom. The maximum Gasteiger partial charge on any atom is 0.267 e. The zero-order valence-electron chi connectivity index (χ0n) is 12.0. The average Bonchev–Trinajstić information content (AvgIpc) is 2.52. The van der Waals surface area contributed by atoms with Gasteiger partial charge in [-0.3, -0.25) is 4.79 Å². The first-order valence-corrected chi connectivity index (χ1v) is 6.63. The minimum Gasteiger partial charge on any atom is -0.506 e. The van der Waals surface area contributed by atoms with E-state index < -0.39 is 5.91 Å². The molecule has 0 radical (unpaired) electrons. The molecule has 0 unspecified atom stereocenters. The van der Waals surface area contributed by atoms with Crippen molar-refractivity contribution < 1.29 is 9.90 Å². The third-order valence-electron chi connectivity index (χ3n) is 2.95. The van der Waals surface area contributed by atoms with Gasteiger partial charge < -0.3 is 15.7 Å². The van der Waals surface area contributed by atoms with E-state index >= 15 is 0 Å². The highest BCUT2D eigenvalue weighted by atomic mass is 16.3. The molecular weight excluding hydrogens is 278 g/mol. The van der Waals surface area contributed by atoms with Crippen molar-refractivity contribution in [1.82, 2.24) is 0 Å². The SMILES string of the molecule is Cc1ccc(NC(=O)/C(C#N)=C\Nc2ccccc2O)cc1. The van der Waals surface area contributed by atoms with E-state index in [9.17, 15) is 9.90 Å². The van der Waals surface area contributed by atoms with Crippen LogP contribution in [0, 0.1) is 18.3 Å². The van der Waals surface area contributed by atoms with E-state index in [4.69, 9.17) is 5.26 Å². The summed E-state index contributed by atoms with van der Waals surface area (Å²) in [5.74, 6) is -0.482. The number of hydrogen-bond acceptors (Lipinski definition) is 4. The molecule has 2 aromatic rings. The van der Waals surface area contributed by atoms with E-state index in [1.807, 2.05) is 25.1 Å². The molecule has 0 saturated heterocycles. The summed E-state index contributed by atoms with van der Waals surface area (Å²) in [5.41, 5.74) is 2.01. The largest absolute Gasteiger partial charge is 0.506 e. The number of phenols is 1. The lowest BCUT2D eigenvalue weighted by Gasteiger charge is -2.06. The first-order chi connectivity index (χ1) is 10.6. The second-order valence-electron chi connectivity index (χ2n) is 4.65. The molecule has 0 saturated carbocycles. The number of phenolic OH excluding ortho intramolecular Hbond substituents is 1. The molecule has 5 heteroatoms. The highest BCUT2D eigenvalue weighted by Crippen LogP contribution is 2.21. The Hall–Kier alpha value is -3.26. The van der Waals surface area contributed by atoms with Gasteiger partial charge in [-0.1, -0.05) is 29.8 Å². The smallest absolute Gasteiger partial charge is 0.267 e. The molecule has 0 aliphatic carbocycles. The number of nitrogens with zero attached hydrogens (tertiary/aromatic N) is 1. The summed E-state index contributed by atoms with van der Waals surface area (Å²) in [6.07, 6.45) is 1.26. The summed E-state index contributed by atoms with van der Waals surface area (Å²) in [7, 11) is 0. The second-order valence-corrected chi connectivity index (χ2v) is 4.65. The number of amides is 1. The summed E-state index contributed by atoms with van der Waals surface area (Å²) in [5, 5.41) is 24.1. The number of aromatic hydroxyl groups is 1. The summed E-state index contributed by atoms with van der Waals surface area (Å²) in [6, 6.07) is 15.6. The predicted octanol–water partition coefficient (Wildman–Crippen LogP) is 3.16. The van der Waals surface area contributed by atoms with Crippen LogP contribution in [-0.2, 0) is 4.79 Å². The van der Waals surface area contributed by atoms with Gasteiger partial charge in [-0.05, 0) is 31.2 Å². The van der Waals surface area contributed by atoms with E-state index in [0.717, 1.165) is 5.56 Å². The van der Waals surface area contributed by atoms with Crippen molar-refractivity contribution in [2.45, 2.75) is 6.92 Å². The number of carbonyl (C=O) groups excluding carboxylic acids is 1. The van der Waals surface area contributed by atoms with Crippen LogP contribution in [0.25, 0.3) is 0 Å². The normalized spacial score (nSPS) is 10.6. The predicted molar refractivity (Wildman–Crippen MR) is 85.2 cm³/mol. The van der Waals surface area contributed by atoms with Crippen LogP contribution in [0.15, 0.2) is 60.3 Å². The molecule has 1 amide bonds. The van der Waals surface area contributed by atoms with Crippen LogP contribution in [0.3, 0.4) is 0 Å². The van der Waals surface area contributed by atoms with Gasteiger partial charge in [0.2, 0.25) is 0 Å². The van der Waals surface area contributed by atoms with Crippen molar-refractivity contribution in [2.24, 2.45) is 0 Å². The molecule has 0 aromatic heterocycles. The number of nitriles is 1. The van der Waals surface area contributed by atoms with Gasteiger partial charge in [0.15, 0.2) is 0 Å². The van der Waals surface area contributed by atoms with Crippen LogP contribution in [0.4, 0.5) is 11.4 Å². The Balaban J connectivity index is 2.09. The van der Waals surface area contributed by atoms with Crippen molar-refractivity contribution >= 4 is 17.3 Å². The van der Waals surface area contributed by atoms with Crippen LogP contribution < -0.4 is 10.6 Å². The molecular formula is C17H15N3O2. The minimum atomic E-state index is -0.519. The van der Waals surface area contributed by atoms with Gasteiger partial charge in [-0.2, -0.15) is 5.26 Å². The van der Waals surface area contributed by atoms with Gasteiger partial charge >= 0.3 is 0 Å². The van der Waals surface area contributed by atoms with Crippen molar-refractivity contribution in [1.29, 1.82) is 5.26 Å². The van der Waals surface area contributed by atoms with Crippen LogP contribution >= 0.6 is 0 Å². The highest BCUT2D eigenvalue weighted by molar-refractivity contribution is 6.06. The lowest BCUT2D eigenvalue weighted by molar-refractivity contribution is -0.112. The van der Waals surface area contributed by atoms with Crippen molar-refractivity contribution in [3.05, 3.63) is 65.9 Å². The van der Waals surface area contributed by atoms with Gasteiger partial charge in [0, 0.05) is 11.9 Å². The minimum absolute atomic E-state index is 0.0370. The number of benzene rings is 2. The Bertz CT molecular complexity index is 743. The van der Waals surface area contributed by atoms with Gasteiger partial charge in [0.05, 0.1) is 5.69 Å². The quantitative estimate of drug-likeness (QED) is 0.459. The molecule has 110 valence electrons. The van der Waals surface area contributed by atoms with E-state index in [1.165, 1.54) is 12.3 Å². The van der Waals surface area contributed by atoms with Crippen LogP contribution in [0.2, 0.25) is 0 Å². The fourth-order valence-corrected chi connectivity index (χ4v) is 1.73. The van der Waals surface area contributed by atoms with Gasteiger partial charge in [-0.15, -0.1) is 0 Å². The maximum absolute atomic E-state index is 12.0. The maximum atomic E-state index is 12.0. The zero-order valence-corrected chi connectivity index (χ0v) is 12.0. The summed E-state index contributed by atoms with van der Waals surface area (Å²) in [6.45, 7) is 1.95. The monoisotopic (exact) mass is 293 g/mol. The van der Waals surface area contributed by atoms with Crippen LogP contribution in [-0.4, -0.2) is 11.0 Å². The van der Waals surface area contributed by atoms with Crippen LogP contribution in [0.5, 0.6) is 5.75 Å². The number of carbonyl (C=O) groups is 1. The Labute approximate surface area is 128 Å². The Kier molecular flexibility index (Phi) is 4.78. The Morgan fingerprint density at radius 1 is 1.18 bits per heavy atom. The summed E-state index contributed by atoms with van der Waals surface area (Å²) < 4.78 is 0. The standard InChI is InChI=1S/C17H15N3O2/c1-12-6-8-14(9-7-12)20-17(22)13(10-18)11-19-15-4-2-3-5-16(15)21/h2-9,11,19,21H,1H3,(H,20,22)/b13-11-. The topological polar surface area (TPSA) is 85.2 Å². The molecule has 0 atom stereocenters. The number of para-hydroxylation sites is 2. The van der Waals surface area contributed by atoms with Gasteiger partial charge in [-0.25, -0.2) is 0 Å². The third-order valence-corrected chi connectivity index (χ3v) is 2.95. The molecule has 0 spiro atoms. The van der Waals surface area contributed by atoms with Gasteiger partial charge in [0.1, 0.15) is 17.4 Å². The summed E-state index contributed by atoms with van der Waals surface area (Å²) in [4.78, 5) is 12.0. The van der Waals surface area contributed by atoms with Crippen molar-refractivity contribution in [3.63, 3.8) is 0 Å².